The van der Waals surface area contributed by atoms with Gasteiger partial charge in [-0.15, -0.1) is 0 Å². The Bertz CT molecular complexity index is 577. The number of nitro groups is 2. The predicted octanol–water partition coefficient (Wildman–Crippen LogP) is -2.28. The van der Waals surface area contributed by atoms with Gasteiger partial charge in [-0.1, -0.05) is 0 Å². The van der Waals surface area contributed by atoms with E-state index in [-0.39, 0.29) is 56.9 Å². The molecule has 1 aromatic carbocycles. The van der Waals surface area contributed by atoms with Crippen LogP contribution in [0, 0.1) is 27.2 Å². The average molecular weight is 300 g/mol. The van der Waals surface area contributed by atoms with E-state index >= 15 is 0 Å². The van der Waals surface area contributed by atoms with Crippen molar-refractivity contribution in [3.8, 4) is 0 Å². The van der Waals surface area contributed by atoms with E-state index in [9.17, 15) is 33.2 Å². The van der Waals surface area contributed by atoms with Crippen LogP contribution in [0.4, 0.5) is 11.4 Å². The van der Waals surface area contributed by atoms with Crippen molar-refractivity contribution in [3.05, 3.63) is 37.9 Å². The molecule has 1 rings (SSSR count). The van der Waals surface area contributed by atoms with E-state index in [0.29, 0.717) is 12.1 Å². The second-order valence-electron chi connectivity index (χ2n) is 3.05. The quantitative estimate of drug-likeness (QED) is 0.264. The van der Waals surface area contributed by atoms with Gasteiger partial charge < -0.3 is 4.55 Å². The molecule has 0 saturated heterocycles. The Hall–Kier alpha value is -0.434. The second-order valence-corrected chi connectivity index (χ2v) is 4.43. The molecule has 9 nitrogen and oxygen atoms in total. The fraction of sp³-hybridized carbons (Fsp3) is 0.143. The SMILES string of the molecule is Cc1c([N+](=O)[O-])cc(S(=O)(=O)[O-])cc1[N+](=O)[O-].[K+]. The molecule has 0 aliphatic rings. The first-order valence-corrected chi connectivity index (χ1v) is 5.44. The molecule has 11 heteroatoms. The van der Waals surface area contributed by atoms with Gasteiger partial charge in [0, 0.05) is 12.1 Å². The zero-order valence-corrected chi connectivity index (χ0v) is 13.3. The average Bonchev–Trinajstić information content (AvgIpc) is 2.14. The van der Waals surface area contributed by atoms with Gasteiger partial charge in [-0.3, -0.25) is 20.2 Å². The van der Waals surface area contributed by atoms with Crippen molar-refractivity contribution in [3.63, 3.8) is 0 Å². The van der Waals surface area contributed by atoms with Gasteiger partial charge in [0.2, 0.25) is 0 Å². The molecular weight excluding hydrogens is 295 g/mol. The van der Waals surface area contributed by atoms with Gasteiger partial charge in [0.15, 0.2) is 0 Å². The molecule has 0 aliphatic heterocycles. The molecule has 0 aliphatic carbocycles. The normalized spacial score (nSPS) is 10.6. The molecule has 0 N–H and O–H groups in total. The van der Waals surface area contributed by atoms with E-state index in [2.05, 4.69) is 0 Å². The summed E-state index contributed by atoms with van der Waals surface area (Å²) in [6, 6.07) is 1.01. The summed E-state index contributed by atoms with van der Waals surface area (Å²) in [5, 5.41) is 21.1. The Labute approximate surface area is 144 Å². The number of nitrogens with zero attached hydrogens (tertiary/aromatic N) is 2. The summed E-state index contributed by atoms with van der Waals surface area (Å²) < 4.78 is 32.1. The molecule has 0 spiro atoms. The molecule has 0 radical (unpaired) electrons. The summed E-state index contributed by atoms with van der Waals surface area (Å²) in [7, 11) is -4.99. The minimum absolute atomic E-state index is 0. The third kappa shape index (κ3) is 3.78. The first-order valence-electron chi connectivity index (χ1n) is 4.04. The molecule has 0 heterocycles. The number of benzene rings is 1. The van der Waals surface area contributed by atoms with Crippen LogP contribution in [-0.4, -0.2) is 22.8 Å². The predicted molar refractivity (Wildman–Crippen MR) is 52.5 cm³/mol. The van der Waals surface area contributed by atoms with Gasteiger partial charge in [0.1, 0.15) is 15.7 Å². The molecule has 92 valence electrons. The molecule has 1 aromatic rings. The number of rotatable bonds is 3. The summed E-state index contributed by atoms with van der Waals surface area (Å²) >= 11 is 0. The molecule has 0 fully saturated rings. The standard InChI is InChI=1S/C7H6N2O7S.K/c1-4-6(8(10)11)2-5(17(14,15)16)3-7(4)9(12)13;/h2-3H,1H3,(H,14,15,16);/q;+1/p-1. The van der Waals surface area contributed by atoms with E-state index in [1.807, 2.05) is 0 Å². The van der Waals surface area contributed by atoms with Crippen LogP contribution in [-0.2, 0) is 10.1 Å². The van der Waals surface area contributed by atoms with Crippen LogP contribution in [0.2, 0.25) is 0 Å². The Balaban J connectivity index is 0.00000289. The molecule has 0 saturated carbocycles. The van der Waals surface area contributed by atoms with Crippen LogP contribution in [0.15, 0.2) is 17.0 Å². The van der Waals surface area contributed by atoms with Crippen LogP contribution >= 0.6 is 0 Å². The zero-order chi connectivity index (χ0) is 13.4. The number of nitro benzene ring substituents is 2. The van der Waals surface area contributed by atoms with Crippen molar-refractivity contribution < 1.29 is 74.2 Å². The third-order valence-electron chi connectivity index (χ3n) is 2.01. The second kappa shape index (κ2) is 6.14. The van der Waals surface area contributed by atoms with E-state index < -0.39 is 36.2 Å². The summed E-state index contributed by atoms with van der Waals surface area (Å²) in [6.07, 6.45) is 0. The maximum Gasteiger partial charge on any atom is 1.00 e. The van der Waals surface area contributed by atoms with E-state index in [1.54, 1.807) is 0 Å². The Morgan fingerprint density at radius 2 is 1.39 bits per heavy atom. The molecule has 0 amide bonds. The molecule has 18 heavy (non-hydrogen) atoms. The summed E-state index contributed by atoms with van der Waals surface area (Å²) in [6.45, 7) is 1.09. The van der Waals surface area contributed by atoms with Crippen molar-refractivity contribution in [1.82, 2.24) is 0 Å². The van der Waals surface area contributed by atoms with Crippen LogP contribution in [0.25, 0.3) is 0 Å². The van der Waals surface area contributed by atoms with Gasteiger partial charge in [-0.25, -0.2) is 8.42 Å². The first kappa shape index (κ1) is 17.6. The Kier molecular flexibility index (Phi) is 5.99. The van der Waals surface area contributed by atoms with Crippen molar-refractivity contribution in [2.75, 3.05) is 0 Å². The first-order chi connectivity index (χ1) is 7.64. The molecule has 0 atom stereocenters. The largest absolute Gasteiger partial charge is 1.00 e. The van der Waals surface area contributed by atoms with Gasteiger partial charge in [0.05, 0.1) is 14.7 Å². The number of hydrogen-bond donors (Lipinski definition) is 0. The van der Waals surface area contributed by atoms with Crippen LogP contribution in [0.5, 0.6) is 0 Å². The summed E-state index contributed by atoms with van der Waals surface area (Å²) in [4.78, 5) is 18.1. The minimum Gasteiger partial charge on any atom is -0.744 e. The molecular formula is C7H5KN2O7S. The monoisotopic (exact) mass is 300 g/mol. The maximum absolute atomic E-state index is 10.7. The number of hydrogen-bond acceptors (Lipinski definition) is 7. The van der Waals surface area contributed by atoms with Gasteiger partial charge in [0.25, 0.3) is 11.4 Å². The van der Waals surface area contributed by atoms with Crippen molar-refractivity contribution >= 4 is 21.5 Å². The van der Waals surface area contributed by atoms with Gasteiger partial charge in [-0.05, 0) is 6.92 Å². The molecule has 0 bridgehead atoms. The van der Waals surface area contributed by atoms with E-state index in [0.717, 1.165) is 6.92 Å². The smallest absolute Gasteiger partial charge is 0.744 e. The van der Waals surface area contributed by atoms with Crippen LogP contribution in [0.3, 0.4) is 0 Å². The zero-order valence-electron chi connectivity index (χ0n) is 9.32. The third-order valence-corrected chi connectivity index (χ3v) is 2.82. The van der Waals surface area contributed by atoms with Crippen molar-refractivity contribution in [1.29, 1.82) is 0 Å². The molecule has 0 unspecified atom stereocenters. The van der Waals surface area contributed by atoms with Crippen LogP contribution < -0.4 is 51.4 Å². The topological polar surface area (TPSA) is 143 Å². The fourth-order valence-electron chi connectivity index (χ4n) is 1.18. The van der Waals surface area contributed by atoms with E-state index in [1.165, 1.54) is 0 Å². The minimum atomic E-state index is -4.99. The Morgan fingerprint density at radius 3 is 1.61 bits per heavy atom. The molecule has 0 aromatic heterocycles. The summed E-state index contributed by atoms with van der Waals surface area (Å²) in [5.74, 6) is 0. The van der Waals surface area contributed by atoms with Crippen LogP contribution in [0.1, 0.15) is 5.56 Å². The summed E-state index contributed by atoms with van der Waals surface area (Å²) in [5.41, 5.74) is -1.88. The van der Waals surface area contributed by atoms with Crippen molar-refractivity contribution in [2.45, 2.75) is 11.8 Å². The van der Waals surface area contributed by atoms with E-state index in [4.69, 9.17) is 0 Å². The van der Waals surface area contributed by atoms with Gasteiger partial charge in [-0.2, -0.15) is 0 Å². The van der Waals surface area contributed by atoms with Crippen molar-refractivity contribution in [2.24, 2.45) is 0 Å². The Morgan fingerprint density at radius 1 is 1.06 bits per heavy atom. The van der Waals surface area contributed by atoms with Gasteiger partial charge >= 0.3 is 51.4 Å². The fourth-order valence-corrected chi connectivity index (χ4v) is 1.69. The maximum atomic E-state index is 10.7.